The highest BCUT2D eigenvalue weighted by Gasteiger charge is 2.23. The minimum absolute atomic E-state index is 0.146. The van der Waals surface area contributed by atoms with Crippen molar-refractivity contribution in [2.75, 3.05) is 6.54 Å². The van der Waals surface area contributed by atoms with E-state index in [0.717, 1.165) is 34.5 Å². The first-order valence-electron chi connectivity index (χ1n) is 7.43. The van der Waals surface area contributed by atoms with Crippen LogP contribution in [0.3, 0.4) is 0 Å². The fraction of sp³-hybridized carbons (Fsp3) is 0.312. The Morgan fingerprint density at radius 2 is 2.27 bits per heavy atom. The first kappa shape index (κ1) is 13.1. The van der Waals surface area contributed by atoms with Crippen molar-refractivity contribution in [1.29, 1.82) is 0 Å². The van der Waals surface area contributed by atoms with Crippen LogP contribution in [-0.4, -0.2) is 32.5 Å². The average Bonchev–Trinajstić information content (AvgIpc) is 3.17. The molecule has 0 spiro atoms. The molecule has 0 radical (unpaired) electrons. The van der Waals surface area contributed by atoms with Gasteiger partial charge in [0.15, 0.2) is 0 Å². The van der Waals surface area contributed by atoms with Gasteiger partial charge in [0.25, 0.3) is 0 Å². The van der Waals surface area contributed by atoms with Crippen molar-refractivity contribution in [3.63, 3.8) is 0 Å². The van der Waals surface area contributed by atoms with Gasteiger partial charge in [-0.1, -0.05) is 17.3 Å². The summed E-state index contributed by atoms with van der Waals surface area (Å²) in [6.07, 6.45) is 3.48. The number of H-pyrrole nitrogens is 1. The number of carbonyl (C=O) groups is 1. The number of aromatic amines is 1. The summed E-state index contributed by atoms with van der Waals surface area (Å²) in [5.74, 6) is 1.00. The number of nitrogens with one attached hydrogen (secondary N) is 1. The number of fused-ring (bicyclic) bond motifs is 2. The van der Waals surface area contributed by atoms with E-state index in [2.05, 4.69) is 15.1 Å². The number of nitrogens with zero attached hydrogens (tertiary/aromatic N) is 3. The summed E-state index contributed by atoms with van der Waals surface area (Å²) < 4.78 is 4.96. The molecular weight excluding hydrogens is 280 g/mol. The molecule has 22 heavy (non-hydrogen) atoms. The van der Waals surface area contributed by atoms with Gasteiger partial charge in [-0.2, -0.15) is 0 Å². The molecule has 6 nitrogen and oxygen atoms in total. The molecule has 6 heteroatoms. The number of amides is 1. The Morgan fingerprint density at radius 1 is 1.36 bits per heavy atom. The van der Waals surface area contributed by atoms with Crippen LogP contribution < -0.4 is 0 Å². The van der Waals surface area contributed by atoms with Gasteiger partial charge in [0.1, 0.15) is 12.1 Å². The Balaban J connectivity index is 1.40. The van der Waals surface area contributed by atoms with E-state index < -0.39 is 0 Å². The van der Waals surface area contributed by atoms with E-state index in [1.54, 1.807) is 6.26 Å². The Bertz CT molecular complexity index is 787. The molecule has 3 heterocycles. The van der Waals surface area contributed by atoms with Gasteiger partial charge >= 0.3 is 0 Å². The normalized spacial score (nSPS) is 14.3. The highest BCUT2D eigenvalue weighted by atomic mass is 16.5. The number of benzene rings is 1. The number of rotatable bonds is 3. The van der Waals surface area contributed by atoms with Crippen molar-refractivity contribution >= 4 is 16.9 Å². The predicted octanol–water partition coefficient (Wildman–Crippen LogP) is 2.07. The number of para-hydroxylation sites is 2. The topological polar surface area (TPSA) is 75.0 Å². The summed E-state index contributed by atoms with van der Waals surface area (Å²) in [5, 5.41) is 3.94. The largest absolute Gasteiger partial charge is 0.364 e. The molecule has 0 fully saturated rings. The van der Waals surface area contributed by atoms with Crippen molar-refractivity contribution in [3.8, 4) is 0 Å². The van der Waals surface area contributed by atoms with Crippen molar-refractivity contribution in [2.24, 2.45) is 0 Å². The molecule has 0 unspecified atom stereocenters. The Morgan fingerprint density at radius 3 is 3.18 bits per heavy atom. The Labute approximate surface area is 127 Å². The molecule has 112 valence electrons. The van der Waals surface area contributed by atoms with Crippen LogP contribution in [0.15, 0.2) is 35.1 Å². The molecular formula is C16H16N4O2. The lowest BCUT2D eigenvalue weighted by Gasteiger charge is -2.25. The van der Waals surface area contributed by atoms with Crippen LogP contribution in [0.1, 0.15) is 23.5 Å². The van der Waals surface area contributed by atoms with E-state index in [1.165, 1.54) is 0 Å². The second-order valence-corrected chi connectivity index (χ2v) is 5.55. The third-order valence-electron chi connectivity index (χ3n) is 4.08. The zero-order valence-electron chi connectivity index (χ0n) is 12.1. The highest BCUT2D eigenvalue weighted by molar-refractivity contribution is 5.77. The summed E-state index contributed by atoms with van der Waals surface area (Å²) in [5.41, 5.74) is 3.94. The monoisotopic (exact) mass is 296 g/mol. The summed E-state index contributed by atoms with van der Waals surface area (Å²) in [6, 6.07) is 7.89. The van der Waals surface area contributed by atoms with Crippen molar-refractivity contribution in [2.45, 2.75) is 25.8 Å². The Hall–Kier alpha value is -2.63. The van der Waals surface area contributed by atoms with Gasteiger partial charge in [0.05, 0.1) is 23.3 Å². The van der Waals surface area contributed by atoms with Crippen LogP contribution >= 0.6 is 0 Å². The molecule has 1 aliphatic heterocycles. The second kappa shape index (κ2) is 5.29. The van der Waals surface area contributed by atoms with E-state index >= 15 is 0 Å². The molecule has 0 bridgehead atoms. The zero-order chi connectivity index (χ0) is 14.9. The van der Waals surface area contributed by atoms with E-state index in [0.29, 0.717) is 25.9 Å². The van der Waals surface area contributed by atoms with E-state index in [4.69, 9.17) is 4.52 Å². The highest BCUT2D eigenvalue weighted by Crippen LogP contribution is 2.18. The molecule has 4 rings (SSSR count). The lowest BCUT2D eigenvalue weighted by molar-refractivity contribution is -0.132. The van der Waals surface area contributed by atoms with Gasteiger partial charge in [0.2, 0.25) is 5.91 Å². The number of imidazole rings is 1. The van der Waals surface area contributed by atoms with Crippen LogP contribution in [0.25, 0.3) is 11.0 Å². The SMILES string of the molecule is O=C(CCc1nc2ccccc2[nH]1)N1CCc2nocc2C1. The molecule has 0 saturated carbocycles. The molecule has 1 aliphatic rings. The maximum absolute atomic E-state index is 12.4. The van der Waals surface area contributed by atoms with E-state index in [-0.39, 0.29) is 5.91 Å². The fourth-order valence-electron chi connectivity index (χ4n) is 2.86. The maximum atomic E-state index is 12.4. The molecule has 2 aromatic heterocycles. The van der Waals surface area contributed by atoms with Gasteiger partial charge in [0, 0.05) is 31.4 Å². The number of aryl methyl sites for hydroxylation is 1. The maximum Gasteiger partial charge on any atom is 0.223 e. The van der Waals surface area contributed by atoms with Crippen LogP contribution in [0.2, 0.25) is 0 Å². The van der Waals surface area contributed by atoms with E-state index in [9.17, 15) is 4.79 Å². The fourth-order valence-corrected chi connectivity index (χ4v) is 2.86. The lowest BCUT2D eigenvalue weighted by atomic mass is 10.1. The minimum atomic E-state index is 0.146. The summed E-state index contributed by atoms with van der Waals surface area (Å²) in [4.78, 5) is 22.0. The van der Waals surface area contributed by atoms with Gasteiger partial charge in [-0.15, -0.1) is 0 Å². The molecule has 1 N–H and O–H groups in total. The zero-order valence-corrected chi connectivity index (χ0v) is 12.1. The number of hydrogen-bond donors (Lipinski definition) is 1. The molecule has 3 aromatic rings. The summed E-state index contributed by atoms with van der Waals surface area (Å²) in [7, 11) is 0. The van der Waals surface area contributed by atoms with Crippen molar-refractivity contribution in [3.05, 3.63) is 47.6 Å². The van der Waals surface area contributed by atoms with Crippen LogP contribution in [-0.2, 0) is 24.2 Å². The summed E-state index contributed by atoms with van der Waals surface area (Å²) >= 11 is 0. The lowest BCUT2D eigenvalue weighted by Crippen LogP contribution is -2.35. The first-order chi connectivity index (χ1) is 10.8. The second-order valence-electron chi connectivity index (χ2n) is 5.55. The molecule has 1 aromatic carbocycles. The van der Waals surface area contributed by atoms with Gasteiger partial charge in [-0.3, -0.25) is 4.79 Å². The third kappa shape index (κ3) is 2.36. The van der Waals surface area contributed by atoms with Crippen molar-refractivity contribution < 1.29 is 9.32 Å². The van der Waals surface area contributed by atoms with E-state index in [1.807, 2.05) is 29.2 Å². The predicted molar refractivity (Wildman–Crippen MR) is 80.0 cm³/mol. The van der Waals surface area contributed by atoms with Gasteiger partial charge in [-0.05, 0) is 12.1 Å². The van der Waals surface area contributed by atoms with Crippen LogP contribution in [0.5, 0.6) is 0 Å². The molecule has 0 aliphatic carbocycles. The van der Waals surface area contributed by atoms with Gasteiger partial charge in [-0.25, -0.2) is 4.98 Å². The standard InChI is InChI=1S/C16H16N4O2/c21-16(20-8-7-12-11(9-20)10-22-19-12)6-5-15-17-13-3-1-2-4-14(13)18-15/h1-4,10H,5-9H2,(H,17,18). The Kier molecular flexibility index (Phi) is 3.14. The molecule has 1 amide bonds. The quantitative estimate of drug-likeness (QED) is 0.803. The number of hydrogen-bond acceptors (Lipinski definition) is 4. The molecule has 0 atom stereocenters. The average molecular weight is 296 g/mol. The third-order valence-corrected chi connectivity index (χ3v) is 4.08. The minimum Gasteiger partial charge on any atom is -0.364 e. The number of aromatic nitrogens is 3. The first-order valence-corrected chi connectivity index (χ1v) is 7.43. The van der Waals surface area contributed by atoms with Crippen LogP contribution in [0.4, 0.5) is 0 Å². The van der Waals surface area contributed by atoms with Crippen molar-refractivity contribution in [1.82, 2.24) is 20.0 Å². The van der Waals surface area contributed by atoms with Crippen LogP contribution in [0, 0.1) is 0 Å². The summed E-state index contributed by atoms with van der Waals surface area (Å²) in [6.45, 7) is 1.30. The smallest absolute Gasteiger partial charge is 0.223 e. The molecule has 0 saturated heterocycles. The van der Waals surface area contributed by atoms with Gasteiger partial charge < -0.3 is 14.4 Å². The number of carbonyl (C=O) groups excluding carboxylic acids is 1.